The summed E-state index contributed by atoms with van der Waals surface area (Å²) in [5.74, 6) is 0.762. The highest BCUT2D eigenvalue weighted by Gasteiger charge is 2.35. The molecule has 1 amide bonds. The van der Waals surface area contributed by atoms with E-state index in [1.54, 1.807) is 11.3 Å². The lowest BCUT2D eigenvalue weighted by Gasteiger charge is -2.28. The number of halogens is 1. The molecule has 2 aliphatic heterocycles. The Morgan fingerprint density at radius 2 is 1.96 bits per heavy atom. The highest BCUT2D eigenvalue weighted by molar-refractivity contribution is 6.34. The van der Waals surface area contributed by atoms with Crippen LogP contribution in [-0.4, -0.2) is 41.2 Å². The van der Waals surface area contributed by atoms with Crippen molar-refractivity contribution in [3.05, 3.63) is 59.0 Å². The molecule has 4 rings (SSSR count). The number of likely N-dealkylation sites (tertiary alicyclic amines) is 1. The van der Waals surface area contributed by atoms with E-state index in [2.05, 4.69) is 10.0 Å². The number of rotatable bonds is 4. The molecule has 0 bridgehead atoms. The number of piperidine rings is 1. The van der Waals surface area contributed by atoms with E-state index in [1.807, 2.05) is 36.4 Å². The zero-order valence-electron chi connectivity index (χ0n) is 14.6. The van der Waals surface area contributed by atoms with Gasteiger partial charge in [-0.15, -0.1) is 0 Å². The Hall–Kier alpha value is -2.11. The van der Waals surface area contributed by atoms with E-state index in [9.17, 15) is 4.79 Å². The molecule has 1 fully saturated rings. The molecule has 0 aliphatic carbocycles. The SMILES string of the molecule is O=C(CN1CCCCC1)N1N=C(c2ccccc2Cl)C[C@H]1c1ccco1. The Bertz CT molecular complexity index is 797. The summed E-state index contributed by atoms with van der Waals surface area (Å²) in [6, 6.07) is 11.1. The second-order valence-corrected chi connectivity index (χ2v) is 7.24. The molecule has 1 aromatic carbocycles. The molecular formula is C20H22ClN3O2. The van der Waals surface area contributed by atoms with Gasteiger partial charge in [-0.3, -0.25) is 9.69 Å². The molecule has 0 N–H and O–H groups in total. The molecule has 26 heavy (non-hydrogen) atoms. The number of nitrogens with zero attached hydrogens (tertiary/aromatic N) is 3. The van der Waals surface area contributed by atoms with Gasteiger partial charge in [-0.05, 0) is 44.1 Å². The minimum atomic E-state index is -0.214. The Morgan fingerprint density at radius 1 is 1.15 bits per heavy atom. The van der Waals surface area contributed by atoms with Crippen LogP contribution in [0, 0.1) is 0 Å². The fourth-order valence-corrected chi connectivity index (χ4v) is 3.93. The fourth-order valence-electron chi connectivity index (χ4n) is 3.68. The van der Waals surface area contributed by atoms with E-state index in [1.165, 1.54) is 6.42 Å². The molecule has 1 aromatic heterocycles. The summed E-state index contributed by atoms with van der Waals surface area (Å²) in [5, 5.41) is 6.89. The van der Waals surface area contributed by atoms with E-state index < -0.39 is 0 Å². The van der Waals surface area contributed by atoms with Gasteiger partial charge in [-0.1, -0.05) is 36.2 Å². The molecule has 1 saturated heterocycles. The molecule has 0 spiro atoms. The van der Waals surface area contributed by atoms with E-state index in [0.717, 1.165) is 43.0 Å². The lowest BCUT2D eigenvalue weighted by molar-refractivity contribution is -0.134. The van der Waals surface area contributed by atoms with Crippen LogP contribution in [0.4, 0.5) is 0 Å². The van der Waals surface area contributed by atoms with E-state index >= 15 is 0 Å². The molecule has 0 unspecified atom stereocenters. The maximum atomic E-state index is 13.0. The first-order chi connectivity index (χ1) is 12.7. The van der Waals surface area contributed by atoms with Crippen molar-refractivity contribution in [1.82, 2.24) is 9.91 Å². The van der Waals surface area contributed by atoms with Gasteiger partial charge in [-0.2, -0.15) is 5.10 Å². The van der Waals surface area contributed by atoms with Gasteiger partial charge in [0.25, 0.3) is 5.91 Å². The van der Waals surface area contributed by atoms with Crippen LogP contribution in [0.2, 0.25) is 5.02 Å². The molecule has 6 heteroatoms. The predicted molar refractivity (Wildman–Crippen MR) is 101 cm³/mol. The van der Waals surface area contributed by atoms with Gasteiger partial charge in [0.05, 0.1) is 18.5 Å². The normalized spacial score (nSPS) is 21.0. The van der Waals surface area contributed by atoms with Crippen LogP contribution in [-0.2, 0) is 4.79 Å². The molecule has 0 radical (unpaired) electrons. The van der Waals surface area contributed by atoms with Crippen LogP contribution < -0.4 is 0 Å². The van der Waals surface area contributed by atoms with Crippen molar-refractivity contribution in [2.75, 3.05) is 19.6 Å². The first-order valence-corrected chi connectivity index (χ1v) is 9.50. The standard InChI is InChI=1S/C20H22ClN3O2/c21-16-8-3-2-7-15(16)17-13-18(19-9-6-12-26-19)24(22-17)20(25)14-23-10-4-1-5-11-23/h2-3,6-9,12,18H,1,4-5,10-11,13-14H2/t18-/m0/s1. The third kappa shape index (κ3) is 3.55. The smallest absolute Gasteiger partial charge is 0.257 e. The van der Waals surface area contributed by atoms with Crippen LogP contribution in [0.1, 0.15) is 43.0 Å². The van der Waals surface area contributed by atoms with Gasteiger partial charge >= 0.3 is 0 Å². The van der Waals surface area contributed by atoms with E-state index in [4.69, 9.17) is 16.0 Å². The van der Waals surface area contributed by atoms with Gasteiger partial charge < -0.3 is 4.42 Å². The summed E-state index contributed by atoms with van der Waals surface area (Å²) in [7, 11) is 0. The first-order valence-electron chi connectivity index (χ1n) is 9.12. The van der Waals surface area contributed by atoms with Gasteiger partial charge in [0.2, 0.25) is 0 Å². The Morgan fingerprint density at radius 3 is 2.69 bits per heavy atom. The maximum absolute atomic E-state index is 13.0. The van der Waals surface area contributed by atoms with Crippen molar-refractivity contribution in [3.63, 3.8) is 0 Å². The number of hydrogen-bond acceptors (Lipinski definition) is 4. The van der Waals surface area contributed by atoms with Crippen LogP contribution in [0.3, 0.4) is 0 Å². The molecule has 136 valence electrons. The van der Waals surface area contributed by atoms with Crippen molar-refractivity contribution < 1.29 is 9.21 Å². The lowest BCUT2D eigenvalue weighted by atomic mass is 10.0. The predicted octanol–water partition coefficient (Wildman–Crippen LogP) is 4.10. The van der Waals surface area contributed by atoms with Crippen molar-refractivity contribution in [3.8, 4) is 0 Å². The molecule has 1 atom stereocenters. The topological polar surface area (TPSA) is 49.1 Å². The maximum Gasteiger partial charge on any atom is 0.257 e. The average molecular weight is 372 g/mol. The number of amides is 1. The van der Waals surface area contributed by atoms with Gasteiger partial charge in [0.15, 0.2) is 0 Å². The highest BCUT2D eigenvalue weighted by Crippen LogP contribution is 2.34. The Kier molecular flexibility index (Phi) is 5.09. The molecule has 5 nitrogen and oxygen atoms in total. The van der Waals surface area contributed by atoms with Crippen LogP contribution >= 0.6 is 11.6 Å². The average Bonchev–Trinajstić information content (AvgIpc) is 3.32. The molecule has 2 aromatic rings. The van der Waals surface area contributed by atoms with Gasteiger partial charge in [0, 0.05) is 17.0 Å². The number of furan rings is 1. The molecular weight excluding hydrogens is 350 g/mol. The number of carbonyl (C=O) groups is 1. The van der Waals surface area contributed by atoms with Crippen LogP contribution in [0.15, 0.2) is 52.2 Å². The summed E-state index contributed by atoms with van der Waals surface area (Å²) in [5.41, 5.74) is 1.70. The summed E-state index contributed by atoms with van der Waals surface area (Å²) >= 11 is 6.34. The monoisotopic (exact) mass is 371 g/mol. The minimum Gasteiger partial charge on any atom is -0.467 e. The molecule has 0 saturated carbocycles. The lowest BCUT2D eigenvalue weighted by Crippen LogP contribution is -2.40. The fraction of sp³-hybridized carbons (Fsp3) is 0.400. The summed E-state index contributed by atoms with van der Waals surface area (Å²) in [4.78, 5) is 15.2. The zero-order valence-corrected chi connectivity index (χ0v) is 15.4. The van der Waals surface area contributed by atoms with Crippen molar-refractivity contribution in [2.45, 2.75) is 31.7 Å². The van der Waals surface area contributed by atoms with Crippen LogP contribution in [0.5, 0.6) is 0 Å². The van der Waals surface area contributed by atoms with E-state index in [-0.39, 0.29) is 11.9 Å². The Balaban J connectivity index is 1.59. The minimum absolute atomic E-state index is 0.00959. The summed E-state index contributed by atoms with van der Waals surface area (Å²) < 4.78 is 5.59. The number of hydrazone groups is 1. The third-order valence-electron chi connectivity index (χ3n) is 5.03. The third-order valence-corrected chi connectivity index (χ3v) is 5.36. The molecule has 2 aliphatic rings. The second-order valence-electron chi connectivity index (χ2n) is 6.84. The quantitative estimate of drug-likeness (QED) is 0.813. The number of carbonyl (C=O) groups excluding carboxylic acids is 1. The zero-order chi connectivity index (χ0) is 17.9. The van der Waals surface area contributed by atoms with Crippen molar-refractivity contribution in [1.29, 1.82) is 0 Å². The highest BCUT2D eigenvalue weighted by atomic mass is 35.5. The second kappa shape index (κ2) is 7.64. The molecule has 3 heterocycles. The first kappa shape index (κ1) is 17.3. The number of hydrogen-bond donors (Lipinski definition) is 0. The summed E-state index contributed by atoms with van der Waals surface area (Å²) in [6.45, 7) is 2.36. The van der Waals surface area contributed by atoms with Gasteiger partial charge in [-0.25, -0.2) is 5.01 Å². The van der Waals surface area contributed by atoms with Crippen molar-refractivity contribution >= 4 is 23.2 Å². The van der Waals surface area contributed by atoms with E-state index in [0.29, 0.717) is 18.0 Å². The summed E-state index contributed by atoms with van der Waals surface area (Å²) in [6.07, 6.45) is 5.80. The van der Waals surface area contributed by atoms with Crippen molar-refractivity contribution in [2.24, 2.45) is 5.10 Å². The number of benzene rings is 1. The largest absolute Gasteiger partial charge is 0.467 e. The van der Waals surface area contributed by atoms with Gasteiger partial charge in [0.1, 0.15) is 11.8 Å². The van der Waals surface area contributed by atoms with Crippen LogP contribution in [0.25, 0.3) is 0 Å². The Labute approximate surface area is 158 Å².